The van der Waals surface area contributed by atoms with Gasteiger partial charge in [-0.1, -0.05) is 0 Å². The van der Waals surface area contributed by atoms with Crippen LogP contribution >= 0.6 is 0 Å². The molecule has 0 aliphatic carbocycles. The first-order chi connectivity index (χ1) is 9.51. The quantitative estimate of drug-likeness (QED) is 0.750. The minimum absolute atomic E-state index is 0.101. The molecule has 0 heterocycles. The van der Waals surface area contributed by atoms with Gasteiger partial charge in [-0.3, -0.25) is 4.79 Å². The fraction of sp³-hybridized carbons (Fsp3) is 0.133. The number of amides is 1. The second-order valence-electron chi connectivity index (χ2n) is 4.41. The smallest absolute Gasteiger partial charge is 0.259 e. The standard InChI is InChI=1S/C15H16N2O3/c1-9-7-10(16)3-5-13(9)17-15(19)12-8-11(20-2)4-6-14(12)18/h3-8,18H,16H2,1-2H3,(H,17,19). The third-order valence-electron chi connectivity index (χ3n) is 2.95. The highest BCUT2D eigenvalue weighted by molar-refractivity contribution is 6.06. The number of carbonyl (C=O) groups excluding carboxylic acids is 1. The van der Waals surface area contributed by atoms with Crippen LogP contribution in [0.25, 0.3) is 0 Å². The highest BCUT2D eigenvalue weighted by Crippen LogP contribution is 2.25. The molecule has 5 nitrogen and oxygen atoms in total. The lowest BCUT2D eigenvalue weighted by atomic mass is 10.1. The van der Waals surface area contributed by atoms with Crippen LogP contribution in [0.2, 0.25) is 0 Å². The molecule has 0 aromatic heterocycles. The number of hydrogen-bond acceptors (Lipinski definition) is 4. The number of ether oxygens (including phenoxy) is 1. The molecule has 0 unspecified atom stereocenters. The summed E-state index contributed by atoms with van der Waals surface area (Å²) in [5.41, 5.74) is 7.94. The van der Waals surface area contributed by atoms with Gasteiger partial charge in [0, 0.05) is 11.4 Å². The average molecular weight is 272 g/mol. The summed E-state index contributed by atoms with van der Waals surface area (Å²) in [5, 5.41) is 12.5. The van der Waals surface area contributed by atoms with E-state index in [4.69, 9.17) is 10.5 Å². The monoisotopic (exact) mass is 272 g/mol. The first-order valence-electron chi connectivity index (χ1n) is 6.05. The summed E-state index contributed by atoms with van der Waals surface area (Å²) in [7, 11) is 1.50. The van der Waals surface area contributed by atoms with Crippen LogP contribution in [0, 0.1) is 6.92 Å². The minimum atomic E-state index is -0.408. The Kier molecular flexibility index (Phi) is 3.79. The highest BCUT2D eigenvalue weighted by atomic mass is 16.5. The van der Waals surface area contributed by atoms with Crippen LogP contribution in [0.1, 0.15) is 15.9 Å². The number of nitrogens with two attached hydrogens (primary N) is 1. The molecule has 104 valence electrons. The van der Waals surface area contributed by atoms with E-state index in [9.17, 15) is 9.90 Å². The van der Waals surface area contributed by atoms with Crippen molar-refractivity contribution >= 4 is 17.3 Å². The molecule has 0 atom stereocenters. The number of aromatic hydroxyl groups is 1. The van der Waals surface area contributed by atoms with Crippen LogP contribution in [0.4, 0.5) is 11.4 Å². The maximum atomic E-state index is 12.2. The van der Waals surface area contributed by atoms with Crippen LogP contribution in [0.5, 0.6) is 11.5 Å². The fourth-order valence-corrected chi connectivity index (χ4v) is 1.84. The van der Waals surface area contributed by atoms with Crippen molar-refractivity contribution in [3.8, 4) is 11.5 Å². The van der Waals surface area contributed by atoms with Gasteiger partial charge >= 0.3 is 0 Å². The molecular weight excluding hydrogens is 256 g/mol. The number of nitrogen functional groups attached to an aromatic ring is 1. The van der Waals surface area contributed by atoms with E-state index in [1.165, 1.54) is 19.2 Å². The number of nitrogens with one attached hydrogen (secondary N) is 1. The predicted octanol–water partition coefficient (Wildman–Crippen LogP) is 2.54. The molecule has 5 heteroatoms. The second-order valence-corrected chi connectivity index (χ2v) is 4.41. The van der Waals surface area contributed by atoms with Gasteiger partial charge in [-0.05, 0) is 48.9 Å². The van der Waals surface area contributed by atoms with E-state index in [2.05, 4.69) is 5.32 Å². The zero-order valence-electron chi connectivity index (χ0n) is 11.3. The summed E-state index contributed by atoms with van der Waals surface area (Å²) in [5.74, 6) is -0.00681. The molecule has 20 heavy (non-hydrogen) atoms. The fourth-order valence-electron chi connectivity index (χ4n) is 1.84. The number of benzene rings is 2. The summed E-state index contributed by atoms with van der Waals surface area (Å²) in [4.78, 5) is 12.2. The minimum Gasteiger partial charge on any atom is -0.507 e. The Bertz CT molecular complexity index is 654. The van der Waals surface area contributed by atoms with Crippen molar-refractivity contribution in [1.29, 1.82) is 0 Å². The van der Waals surface area contributed by atoms with Crippen LogP contribution in [-0.4, -0.2) is 18.1 Å². The second kappa shape index (κ2) is 5.52. The van der Waals surface area contributed by atoms with Gasteiger partial charge in [0.15, 0.2) is 0 Å². The molecule has 0 fully saturated rings. The number of hydrogen-bond donors (Lipinski definition) is 3. The maximum absolute atomic E-state index is 12.2. The molecule has 2 aromatic rings. The van der Waals surface area contributed by atoms with Crippen molar-refractivity contribution in [2.75, 3.05) is 18.2 Å². The van der Waals surface area contributed by atoms with Gasteiger partial charge < -0.3 is 20.9 Å². The van der Waals surface area contributed by atoms with Crippen molar-refractivity contribution in [3.05, 3.63) is 47.5 Å². The lowest BCUT2D eigenvalue weighted by Gasteiger charge is -2.11. The molecule has 0 aliphatic rings. The topological polar surface area (TPSA) is 84.6 Å². The van der Waals surface area contributed by atoms with Crippen LogP contribution < -0.4 is 15.8 Å². The van der Waals surface area contributed by atoms with Crippen molar-refractivity contribution < 1.29 is 14.6 Å². The molecule has 0 radical (unpaired) electrons. The Morgan fingerprint density at radius 3 is 2.65 bits per heavy atom. The Hall–Kier alpha value is -2.69. The van der Waals surface area contributed by atoms with Crippen molar-refractivity contribution in [2.24, 2.45) is 0 Å². The van der Waals surface area contributed by atoms with Gasteiger partial charge in [0.2, 0.25) is 0 Å². The van der Waals surface area contributed by atoms with Crippen LogP contribution in [0.15, 0.2) is 36.4 Å². The SMILES string of the molecule is COc1ccc(O)c(C(=O)Nc2ccc(N)cc2C)c1. The maximum Gasteiger partial charge on any atom is 0.259 e. The average Bonchev–Trinajstić information content (AvgIpc) is 2.42. The van der Waals surface area contributed by atoms with E-state index in [1.807, 2.05) is 6.92 Å². The molecule has 0 saturated carbocycles. The van der Waals surface area contributed by atoms with E-state index in [-0.39, 0.29) is 11.3 Å². The number of methoxy groups -OCH3 is 1. The molecule has 4 N–H and O–H groups in total. The zero-order valence-corrected chi connectivity index (χ0v) is 11.3. The van der Waals surface area contributed by atoms with Gasteiger partial charge in [0.05, 0.1) is 12.7 Å². The largest absolute Gasteiger partial charge is 0.507 e. The molecule has 2 rings (SSSR count). The third-order valence-corrected chi connectivity index (χ3v) is 2.95. The zero-order chi connectivity index (χ0) is 14.7. The van der Waals surface area contributed by atoms with Gasteiger partial charge in [-0.15, -0.1) is 0 Å². The van der Waals surface area contributed by atoms with E-state index in [0.29, 0.717) is 17.1 Å². The Balaban J connectivity index is 2.28. The van der Waals surface area contributed by atoms with Gasteiger partial charge in [0.25, 0.3) is 5.91 Å². The van der Waals surface area contributed by atoms with Crippen molar-refractivity contribution in [3.63, 3.8) is 0 Å². The summed E-state index contributed by atoms with van der Waals surface area (Å²) >= 11 is 0. The highest BCUT2D eigenvalue weighted by Gasteiger charge is 2.13. The van der Waals surface area contributed by atoms with E-state index < -0.39 is 5.91 Å². The number of carbonyl (C=O) groups is 1. The van der Waals surface area contributed by atoms with E-state index >= 15 is 0 Å². The van der Waals surface area contributed by atoms with E-state index in [1.54, 1.807) is 24.3 Å². The summed E-state index contributed by atoms with van der Waals surface area (Å²) in [6.45, 7) is 1.84. The summed E-state index contributed by atoms with van der Waals surface area (Å²) in [6, 6.07) is 9.68. The van der Waals surface area contributed by atoms with Gasteiger partial charge in [-0.25, -0.2) is 0 Å². The van der Waals surface area contributed by atoms with Crippen LogP contribution in [-0.2, 0) is 0 Å². The predicted molar refractivity (Wildman–Crippen MR) is 78.2 cm³/mol. The summed E-state index contributed by atoms with van der Waals surface area (Å²) in [6.07, 6.45) is 0. The van der Waals surface area contributed by atoms with Gasteiger partial charge in [0.1, 0.15) is 11.5 Å². The van der Waals surface area contributed by atoms with E-state index in [0.717, 1.165) is 5.56 Å². The first kappa shape index (κ1) is 13.7. The number of phenolic OH excluding ortho intramolecular Hbond substituents is 1. The van der Waals surface area contributed by atoms with Crippen molar-refractivity contribution in [1.82, 2.24) is 0 Å². The third kappa shape index (κ3) is 2.83. The molecule has 0 aliphatic heterocycles. The number of aryl methyl sites for hydroxylation is 1. The van der Waals surface area contributed by atoms with Crippen LogP contribution in [0.3, 0.4) is 0 Å². The molecule has 0 bridgehead atoms. The first-order valence-corrected chi connectivity index (χ1v) is 6.05. The lowest BCUT2D eigenvalue weighted by molar-refractivity contribution is 0.102. The molecular formula is C15H16N2O3. The van der Waals surface area contributed by atoms with Crippen molar-refractivity contribution in [2.45, 2.75) is 6.92 Å². The molecule has 0 saturated heterocycles. The molecule has 0 spiro atoms. The molecule has 1 amide bonds. The Morgan fingerprint density at radius 1 is 1.25 bits per heavy atom. The molecule has 2 aromatic carbocycles. The normalized spacial score (nSPS) is 10.1. The van der Waals surface area contributed by atoms with Gasteiger partial charge in [-0.2, -0.15) is 0 Å². The number of phenols is 1. The lowest BCUT2D eigenvalue weighted by Crippen LogP contribution is -2.13. The summed E-state index contributed by atoms with van der Waals surface area (Å²) < 4.78 is 5.04. The number of anilines is 2. The number of rotatable bonds is 3. The Labute approximate surface area is 117 Å². The Morgan fingerprint density at radius 2 is 2.00 bits per heavy atom.